The molecule has 0 unspecified atom stereocenters. The number of benzene rings is 3. The van der Waals surface area contributed by atoms with Crippen molar-refractivity contribution in [3.8, 4) is 11.5 Å². The largest absolute Gasteiger partial charge is 0.497 e. The van der Waals surface area contributed by atoms with Crippen LogP contribution in [0.5, 0.6) is 11.5 Å². The fourth-order valence-electron chi connectivity index (χ4n) is 3.19. The maximum absolute atomic E-state index is 13.2. The highest BCUT2D eigenvalue weighted by atomic mass is 32.2. The van der Waals surface area contributed by atoms with Crippen LogP contribution in [0.4, 0.5) is 17.1 Å². The summed E-state index contributed by atoms with van der Waals surface area (Å²) in [6.45, 7) is 6.66. The van der Waals surface area contributed by atoms with Gasteiger partial charge in [0.2, 0.25) is 0 Å². The SMILES string of the molecule is CCOc1ccc(NS(=O)(=O)c2cc(OC)ccc2NC(=S)Nc2ccc(C(C)C)cc2)cc1. The molecule has 0 aliphatic heterocycles. The summed E-state index contributed by atoms with van der Waals surface area (Å²) < 4.78 is 39.7. The predicted octanol–water partition coefficient (Wildman–Crippen LogP) is 5.83. The molecule has 0 radical (unpaired) electrons. The van der Waals surface area contributed by atoms with Crippen molar-refractivity contribution in [3.63, 3.8) is 0 Å². The Morgan fingerprint density at radius 1 is 0.912 bits per heavy atom. The highest BCUT2D eigenvalue weighted by molar-refractivity contribution is 7.93. The lowest BCUT2D eigenvalue weighted by Gasteiger charge is -2.17. The Morgan fingerprint density at radius 3 is 2.12 bits per heavy atom. The fourth-order valence-corrected chi connectivity index (χ4v) is 4.65. The maximum Gasteiger partial charge on any atom is 0.264 e. The van der Waals surface area contributed by atoms with Crippen molar-refractivity contribution in [1.82, 2.24) is 0 Å². The minimum Gasteiger partial charge on any atom is -0.497 e. The second kappa shape index (κ2) is 11.2. The van der Waals surface area contributed by atoms with Gasteiger partial charge >= 0.3 is 0 Å². The van der Waals surface area contributed by atoms with Crippen molar-refractivity contribution >= 4 is 44.4 Å². The first-order valence-corrected chi connectivity index (χ1v) is 12.7. The molecule has 0 saturated heterocycles. The van der Waals surface area contributed by atoms with E-state index in [0.29, 0.717) is 35.4 Å². The van der Waals surface area contributed by atoms with Crippen LogP contribution >= 0.6 is 12.2 Å². The first-order valence-electron chi connectivity index (χ1n) is 10.8. The van der Waals surface area contributed by atoms with Crippen LogP contribution < -0.4 is 24.8 Å². The Labute approximate surface area is 206 Å². The third-order valence-corrected chi connectivity index (χ3v) is 6.60. The number of thiocarbonyl (C=S) groups is 1. The Kier molecular flexibility index (Phi) is 8.36. The van der Waals surface area contributed by atoms with E-state index in [1.807, 2.05) is 31.2 Å². The van der Waals surface area contributed by atoms with Crippen molar-refractivity contribution in [2.24, 2.45) is 0 Å². The summed E-state index contributed by atoms with van der Waals surface area (Å²) >= 11 is 5.43. The fraction of sp³-hybridized carbons (Fsp3) is 0.240. The van der Waals surface area contributed by atoms with E-state index < -0.39 is 10.0 Å². The van der Waals surface area contributed by atoms with Crippen LogP contribution in [0.25, 0.3) is 0 Å². The molecule has 0 aliphatic rings. The first-order chi connectivity index (χ1) is 16.2. The number of anilines is 3. The van der Waals surface area contributed by atoms with Gasteiger partial charge in [0.05, 0.1) is 19.4 Å². The van der Waals surface area contributed by atoms with Crippen LogP contribution in [-0.4, -0.2) is 27.2 Å². The zero-order valence-electron chi connectivity index (χ0n) is 19.6. The van der Waals surface area contributed by atoms with E-state index in [9.17, 15) is 8.42 Å². The standard InChI is InChI=1S/C25H29N3O4S2/c1-5-32-21-12-10-20(11-13-21)28-34(29,30)24-16-22(31-4)14-15-23(24)27-25(33)26-19-8-6-18(7-9-19)17(2)3/h6-17,28H,5H2,1-4H3,(H2,26,27,33). The summed E-state index contributed by atoms with van der Waals surface area (Å²) in [7, 11) is -2.48. The van der Waals surface area contributed by atoms with Crippen molar-refractivity contribution in [1.29, 1.82) is 0 Å². The van der Waals surface area contributed by atoms with E-state index in [2.05, 4.69) is 29.2 Å². The van der Waals surface area contributed by atoms with Gasteiger partial charge in [0.1, 0.15) is 16.4 Å². The average molecular weight is 500 g/mol. The smallest absolute Gasteiger partial charge is 0.264 e. The summed E-state index contributed by atoms with van der Waals surface area (Å²) in [6.07, 6.45) is 0. The average Bonchev–Trinajstić information content (AvgIpc) is 2.81. The Morgan fingerprint density at radius 2 is 1.53 bits per heavy atom. The van der Waals surface area contributed by atoms with Gasteiger partial charge in [-0.1, -0.05) is 26.0 Å². The van der Waals surface area contributed by atoms with Crippen LogP contribution in [0, 0.1) is 0 Å². The van der Waals surface area contributed by atoms with E-state index in [0.717, 1.165) is 5.69 Å². The minimum atomic E-state index is -3.96. The number of hydrogen-bond donors (Lipinski definition) is 3. The number of sulfonamides is 1. The van der Waals surface area contributed by atoms with Gasteiger partial charge < -0.3 is 20.1 Å². The third kappa shape index (κ3) is 6.61. The lowest BCUT2D eigenvalue weighted by atomic mass is 10.0. The van der Waals surface area contributed by atoms with Crippen LogP contribution in [0.15, 0.2) is 71.6 Å². The molecule has 9 heteroatoms. The Balaban J connectivity index is 1.81. The van der Waals surface area contributed by atoms with Gasteiger partial charge in [0.25, 0.3) is 10.0 Å². The molecule has 7 nitrogen and oxygen atoms in total. The van der Waals surface area contributed by atoms with Gasteiger partial charge in [-0.3, -0.25) is 4.72 Å². The van der Waals surface area contributed by atoms with Gasteiger partial charge in [-0.15, -0.1) is 0 Å². The second-order valence-corrected chi connectivity index (χ2v) is 9.84. The van der Waals surface area contributed by atoms with Crippen molar-refractivity contribution in [2.45, 2.75) is 31.6 Å². The zero-order valence-corrected chi connectivity index (χ0v) is 21.2. The number of methoxy groups -OCH3 is 1. The van der Waals surface area contributed by atoms with E-state index in [1.54, 1.807) is 36.4 Å². The third-order valence-electron chi connectivity index (χ3n) is 4.98. The molecule has 0 aliphatic carbocycles. The number of rotatable bonds is 9. The molecular formula is C25H29N3O4S2. The summed E-state index contributed by atoms with van der Waals surface area (Å²) in [6, 6.07) is 19.3. The molecule has 0 spiro atoms. The molecule has 34 heavy (non-hydrogen) atoms. The first kappa shape index (κ1) is 25.3. The zero-order chi connectivity index (χ0) is 24.7. The summed E-state index contributed by atoms with van der Waals surface area (Å²) in [4.78, 5) is 0.0000374. The van der Waals surface area contributed by atoms with E-state index in [1.165, 1.54) is 18.7 Å². The van der Waals surface area contributed by atoms with Gasteiger partial charge in [0, 0.05) is 17.4 Å². The van der Waals surface area contributed by atoms with Crippen LogP contribution in [0.3, 0.4) is 0 Å². The highest BCUT2D eigenvalue weighted by Gasteiger charge is 2.21. The van der Waals surface area contributed by atoms with Gasteiger partial charge in [-0.05, 0) is 79.2 Å². The number of ether oxygens (including phenoxy) is 2. The Bertz CT molecular complexity index is 1230. The summed E-state index contributed by atoms with van der Waals surface area (Å²) in [5.41, 5.74) is 2.74. The van der Waals surface area contributed by atoms with Crippen molar-refractivity contribution in [3.05, 3.63) is 72.3 Å². The van der Waals surface area contributed by atoms with Crippen LogP contribution in [-0.2, 0) is 10.0 Å². The molecule has 3 N–H and O–H groups in total. The lowest BCUT2D eigenvalue weighted by Crippen LogP contribution is -2.22. The van der Waals surface area contributed by atoms with E-state index in [4.69, 9.17) is 21.7 Å². The molecule has 180 valence electrons. The minimum absolute atomic E-state index is 0.0000374. The molecule has 3 aromatic carbocycles. The van der Waals surface area contributed by atoms with Gasteiger partial charge in [-0.25, -0.2) is 8.42 Å². The van der Waals surface area contributed by atoms with Crippen molar-refractivity contribution in [2.75, 3.05) is 29.1 Å². The van der Waals surface area contributed by atoms with Crippen LogP contribution in [0.1, 0.15) is 32.3 Å². The molecule has 0 amide bonds. The molecule has 0 saturated carbocycles. The topological polar surface area (TPSA) is 88.7 Å². The predicted molar refractivity (Wildman–Crippen MR) is 142 cm³/mol. The molecule has 0 atom stereocenters. The molecule has 0 aromatic heterocycles. The quantitative estimate of drug-likeness (QED) is 0.319. The summed E-state index contributed by atoms with van der Waals surface area (Å²) in [5, 5.41) is 6.35. The molecule has 3 aromatic rings. The molecular weight excluding hydrogens is 470 g/mol. The molecule has 3 rings (SSSR count). The molecule has 0 heterocycles. The highest BCUT2D eigenvalue weighted by Crippen LogP contribution is 2.29. The Hall–Kier alpha value is -3.30. The van der Waals surface area contributed by atoms with Crippen molar-refractivity contribution < 1.29 is 17.9 Å². The number of hydrogen-bond acceptors (Lipinski definition) is 5. The van der Waals surface area contributed by atoms with E-state index in [-0.39, 0.29) is 10.0 Å². The van der Waals surface area contributed by atoms with E-state index >= 15 is 0 Å². The van der Waals surface area contributed by atoms with Crippen LogP contribution in [0.2, 0.25) is 0 Å². The molecule has 0 fully saturated rings. The second-order valence-electron chi connectivity index (χ2n) is 7.78. The normalized spacial score (nSPS) is 11.1. The molecule has 0 bridgehead atoms. The monoisotopic (exact) mass is 499 g/mol. The summed E-state index contributed by atoms with van der Waals surface area (Å²) in [5.74, 6) is 1.49. The van der Waals surface area contributed by atoms with Gasteiger partial charge in [-0.2, -0.15) is 0 Å². The van der Waals surface area contributed by atoms with Gasteiger partial charge in [0.15, 0.2) is 5.11 Å². The number of nitrogens with one attached hydrogen (secondary N) is 3. The lowest BCUT2D eigenvalue weighted by molar-refractivity contribution is 0.340. The maximum atomic E-state index is 13.2.